The molecule has 0 aliphatic heterocycles. The molecule has 0 fully saturated rings. The van der Waals surface area contributed by atoms with Crippen LogP contribution in [0.1, 0.15) is 30.0 Å². The number of alkyl halides is 3. The lowest BCUT2D eigenvalue weighted by Gasteiger charge is -2.13. The number of nitrogens with one attached hydrogen (secondary N) is 1. The Hall–Kier alpha value is -2.44. The van der Waals surface area contributed by atoms with Gasteiger partial charge in [0.05, 0.1) is 11.6 Å². The first kappa shape index (κ1) is 16.9. The maximum absolute atomic E-state index is 12.6. The highest BCUT2D eigenvalue weighted by molar-refractivity contribution is 5.77. The number of carbonyl (C=O) groups is 1. The summed E-state index contributed by atoms with van der Waals surface area (Å²) in [6.45, 7) is 3.14. The molecule has 124 valence electrons. The van der Waals surface area contributed by atoms with Gasteiger partial charge in [-0.1, -0.05) is 6.07 Å². The Morgan fingerprint density at radius 3 is 2.65 bits per heavy atom. The normalized spacial score (nSPS) is 12.7. The van der Waals surface area contributed by atoms with Crippen molar-refractivity contribution in [1.82, 2.24) is 5.32 Å². The van der Waals surface area contributed by atoms with Crippen molar-refractivity contribution in [3.8, 4) is 5.75 Å². The molecular formula is C16H16F3NO3. The summed E-state index contributed by atoms with van der Waals surface area (Å²) in [6, 6.07) is 7.54. The zero-order valence-corrected chi connectivity index (χ0v) is 12.6. The van der Waals surface area contributed by atoms with E-state index < -0.39 is 17.6 Å². The zero-order chi connectivity index (χ0) is 17.0. The van der Waals surface area contributed by atoms with E-state index in [4.69, 9.17) is 9.15 Å². The molecule has 23 heavy (non-hydrogen) atoms. The Morgan fingerprint density at radius 1 is 1.30 bits per heavy atom. The molecule has 4 nitrogen and oxygen atoms in total. The van der Waals surface area contributed by atoms with Crippen molar-refractivity contribution in [3.05, 3.63) is 53.5 Å². The van der Waals surface area contributed by atoms with E-state index in [2.05, 4.69) is 5.32 Å². The number of ether oxygens (including phenoxy) is 1. The second-order valence-corrected chi connectivity index (χ2v) is 5.05. The number of halogens is 3. The molecule has 1 N–H and O–H groups in total. The molecule has 0 aliphatic rings. The number of hydrogen-bond donors (Lipinski definition) is 1. The number of rotatable bonds is 5. The second-order valence-electron chi connectivity index (χ2n) is 5.05. The summed E-state index contributed by atoms with van der Waals surface area (Å²) in [4.78, 5) is 11.8. The van der Waals surface area contributed by atoms with Crippen LogP contribution in [0.5, 0.6) is 5.75 Å². The summed E-state index contributed by atoms with van der Waals surface area (Å²) in [5.41, 5.74) is -0.824. The van der Waals surface area contributed by atoms with Gasteiger partial charge in [0.2, 0.25) is 0 Å². The summed E-state index contributed by atoms with van der Waals surface area (Å²) in [7, 11) is 0. The largest absolute Gasteiger partial charge is 0.484 e. The van der Waals surface area contributed by atoms with E-state index in [1.54, 1.807) is 26.0 Å². The Labute approximate surface area is 131 Å². The summed E-state index contributed by atoms with van der Waals surface area (Å²) in [5.74, 6) is 0.844. The lowest BCUT2D eigenvalue weighted by atomic mass is 10.2. The lowest BCUT2D eigenvalue weighted by Crippen LogP contribution is -2.31. The van der Waals surface area contributed by atoms with Gasteiger partial charge in [0.1, 0.15) is 17.3 Å². The van der Waals surface area contributed by atoms with Crippen LogP contribution >= 0.6 is 0 Å². The predicted octanol–water partition coefficient (Wildman–Crippen LogP) is 3.86. The minimum absolute atomic E-state index is 0.0172. The van der Waals surface area contributed by atoms with Crippen LogP contribution in [0.4, 0.5) is 13.2 Å². The number of hydrogen-bond acceptors (Lipinski definition) is 3. The molecule has 0 saturated heterocycles. The quantitative estimate of drug-likeness (QED) is 0.907. The molecule has 1 aromatic heterocycles. The van der Waals surface area contributed by atoms with Crippen LogP contribution in [-0.2, 0) is 11.0 Å². The molecule has 0 radical (unpaired) electrons. The van der Waals surface area contributed by atoms with E-state index in [0.717, 1.165) is 17.9 Å². The Bertz CT molecular complexity index is 679. The predicted molar refractivity (Wildman–Crippen MR) is 76.9 cm³/mol. The fourth-order valence-corrected chi connectivity index (χ4v) is 1.95. The third-order valence-corrected chi connectivity index (χ3v) is 3.10. The van der Waals surface area contributed by atoms with Crippen molar-refractivity contribution in [2.45, 2.75) is 26.1 Å². The fraction of sp³-hybridized carbons (Fsp3) is 0.312. The highest BCUT2D eigenvalue weighted by Gasteiger charge is 2.30. The molecule has 1 atom stereocenters. The van der Waals surface area contributed by atoms with Gasteiger partial charge in [-0.05, 0) is 44.2 Å². The summed E-state index contributed by atoms with van der Waals surface area (Å²) < 4.78 is 48.2. The van der Waals surface area contributed by atoms with Crippen LogP contribution in [0.3, 0.4) is 0 Å². The van der Waals surface area contributed by atoms with Gasteiger partial charge in [-0.3, -0.25) is 4.79 Å². The maximum Gasteiger partial charge on any atom is 0.416 e. The van der Waals surface area contributed by atoms with E-state index in [9.17, 15) is 18.0 Å². The highest BCUT2D eigenvalue weighted by atomic mass is 19.4. The highest BCUT2D eigenvalue weighted by Crippen LogP contribution is 2.31. The second kappa shape index (κ2) is 6.76. The fourth-order valence-electron chi connectivity index (χ4n) is 1.95. The molecule has 0 aliphatic carbocycles. The first-order valence-electron chi connectivity index (χ1n) is 6.91. The van der Waals surface area contributed by atoms with Gasteiger partial charge in [-0.2, -0.15) is 13.2 Å². The van der Waals surface area contributed by atoms with Crippen LogP contribution < -0.4 is 10.1 Å². The molecule has 7 heteroatoms. The SMILES string of the molecule is Cc1ccc(C(C)NC(=O)COc2cccc(C(F)(F)F)c2)o1. The van der Waals surface area contributed by atoms with E-state index in [1.807, 2.05) is 0 Å². The monoisotopic (exact) mass is 327 g/mol. The van der Waals surface area contributed by atoms with Crippen molar-refractivity contribution in [2.75, 3.05) is 6.61 Å². The van der Waals surface area contributed by atoms with Crippen molar-refractivity contribution >= 4 is 5.91 Å². The van der Waals surface area contributed by atoms with Gasteiger partial charge in [0.25, 0.3) is 5.91 Å². The third kappa shape index (κ3) is 4.77. The van der Waals surface area contributed by atoms with E-state index in [0.29, 0.717) is 5.76 Å². The lowest BCUT2D eigenvalue weighted by molar-refractivity contribution is -0.137. The van der Waals surface area contributed by atoms with E-state index in [1.165, 1.54) is 12.1 Å². The van der Waals surface area contributed by atoms with Crippen molar-refractivity contribution in [2.24, 2.45) is 0 Å². The van der Waals surface area contributed by atoms with Gasteiger partial charge in [0.15, 0.2) is 6.61 Å². The van der Waals surface area contributed by atoms with Crippen LogP contribution in [0, 0.1) is 6.92 Å². The average Bonchev–Trinajstić information content (AvgIpc) is 2.91. The van der Waals surface area contributed by atoms with E-state index in [-0.39, 0.29) is 18.4 Å². The van der Waals surface area contributed by atoms with Crippen molar-refractivity contribution in [1.29, 1.82) is 0 Å². The van der Waals surface area contributed by atoms with E-state index >= 15 is 0 Å². The Morgan fingerprint density at radius 2 is 2.04 bits per heavy atom. The number of benzene rings is 1. The first-order valence-corrected chi connectivity index (χ1v) is 6.91. The Balaban J connectivity index is 1.89. The third-order valence-electron chi connectivity index (χ3n) is 3.10. The molecule has 1 unspecified atom stereocenters. The number of amides is 1. The zero-order valence-electron chi connectivity index (χ0n) is 12.6. The molecule has 1 amide bonds. The molecule has 0 saturated carbocycles. The van der Waals surface area contributed by atoms with Crippen LogP contribution in [0.15, 0.2) is 40.8 Å². The van der Waals surface area contributed by atoms with Crippen molar-refractivity contribution in [3.63, 3.8) is 0 Å². The van der Waals surface area contributed by atoms with Gasteiger partial charge < -0.3 is 14.5 Å². The molecule has 2 aromatic rings. The number of carbonyl (C=O) groups excluding carboxylic acids is 1. The first-order chi connectivity index (χ1) is 10.8. The van der Waals surface area contributed by atoms with Gasteiger partial charge >= 0.3 is 6.18 Å². The van der Waals surface area contributed by atoms with Gasteiger partial charge in [0, 0.05) is 0 Å². The van der Waals surface area contributed by atoms with Crippen molar-refractivity contribution < 1.29 is 27.1 Å². The Kier molecular flexibility index (Phi) is 4.98. The molecule has 1 heterocycles. The standard InChI is InChI=1S/C16H16F3NO3/c1-10-6-7-14(23-10)11(2)20-15(21)9-22-13-5-3-4-12(8-13)16(17,18)19/h3-8,11H,9H2,1-2H3,(H,20,21). The molecule has 0 bridgehead atoms. The summed E-state index contributed by atoms with van der Waals surface area (Å²) in [5, 5.41) is 2.64. The molecule has 0 spiro atoms. The number of aryl methyl sites for hydroxylation is 1. The molecule has 1 aromatic carbocycles. The van der Waals surface area contributed by atoms with Crippen LogP contribution in [0.2, 0.25) is 0 Å². The summed E-state index contributed by atoms with van der Waals surface area (Å²) >= 11 is 0. The van der Waals surface area contributed by atoms with Crippen LogP contribution in [-0.4, -0.2) is 12.5 Å². The molecular weight excluding hydrogens is 311 g/mol. The summed E-state index contributed by atoms with van der Waals surface area (Å²) in [6.07, 6.45) is -4.45. The number of furan rings is 1. The van der Waals surface area contributed by atoms with Crippen LogP contribution in [0.25, 0.3) is 0 Å². The smallest absolute Gasteiger partial charge is 0.416 e. The molecule has 2 rings (SSSR count). The topological polar surface area (TPSA) is 51.5 Å². The average molecular weight is 327 g/mol. The van der Waals surface area contributed by atoms with Gasteiger partial charge in [-0.15, -0.1) is 0 Å². The van der Waals surface area contributed by atoms with Gasteiger partial charge in [-0.25, -0.2) is 0 Å². The minimum Gasteiger partial charge on any atom is -0.484 e. The maximum atomic E-state index is 12.6. The minimum atomic E-state index is -4.45.